The molecule has 1 unspecified atom stereocenters. The zero-order valence-electron chi connectivity index (χ0n) is 14.8. The number of esters is 1. The van der Waals surface area contributed by atoms with Gasteiger partial charge in [-0.2, -0.15) is 0 Å². The monoisotopic (exact) mass is 345 g/mol. The number of carbonyl (C=O) groups excluding carboxylic acids is 1. The summed E-state index contributed by atoms with van der Waals surface area (Å²) in [4.78, 5) is 12.0. The van der Waals surface area contributed by atoms with Gasteiger partial charge in [0, 0.05) is 6.04 Å². The normalized spacial score (nSPS) is 11.9. The van der Waals surface area contributed by atoms with Crippen LogP contribution >= 0.6 is 0 Å². The summed E-state index contributed by atoms with van der Waals surface area (Å²) < 4.78 is 4.92. The van der Waals surface area contributed by atoms with E-state index in [0.717, 1.165) is 16.7 Å². The lowest BCUT2D eigenvalue weighted by Gasteiger charge is -2.26. The average molecular weight is 345 g/mol. The number of rotatable bonds is 7. The smallest absolute Gasteiger partial charge is 0.307 e. The van der Waals surface area contributed by atoms with Crippen LogP contribution in [0.15, 0.2) is 91.0 Å². The number of carbonyl (C=O) groups is 1. The zero-order valence-corrected chi connectivity index (χ0v) is 14.8. The van der Waals surface area contributed by atoms with E-state index in [1.54, 1.807) is 0 Å². The molecule has 0 aliphatic rings. The first kappa shape index (κ1) is 17.9. The standard InChI is InChI=1S/C23H23NO2/c1-26-22(25)17-21(18-11-5-2-6-12-18)24-23(19-13-7-3-8-14-19)20-15-9-4-10-16-20/h2-16,21,23-24H,17H2,1H3. The van der Waals surface area contributed by atoms with Gasteiger partial charge in [0.2, 0.25) is 0 Å². The van der Waals surface area contributed by atoms with Gasteiger partial charge >= 0.3 is 5.97 Å². The van der Waals surface area contributed by atoms with E-state index in [1.165, 1.54) is 7.11 Å². The average Bonchev–Trinajstić information content (AvgIpc) is 2.72. The van der Waals surface area contributed by atoms with Crippen molar-refractivity contribution in [3.63, 3.8) is 0 Å². The molecule has 0 saturated carbocycles. The summed E-state index contributed by atoms with van der Waals surface area (Å²) >= 11 is 0. The highest BCUT2D eigenvalue weighted by atomic mass is 16.5. The maximum Gasteiger partial charge on any atom is 0.307 e. The van der Waals surface area contributed by atoms with Crippen LogP contribution in [0.4, 0.5) is 0 Å². The van der Waals surface area contributed by atoms with Crippen molar-refractivity contribution in [3.05, 3.63) is 108 Å². The van der Waals surface area contributed by atoms with Gasteiger partial charge in [-0.25, -0.2) is 0 Å². The van der Waals surface area contributed by atoms with Crippen LogP contribution in [-0.4, -0.2) is 13.1 Å². The lowest BCUT2D eigenvalue weighted by Crippen LogP contribution is -2.29. The minimum Gasteiger partial charge on any atom is -0.469 e. The van der Waals surface area contributed by atoms with Crippen LogP contribution in [-0.2, 0) is 9.53 Å². The topological polar surface area (TPSA) is 38.3 Å². The fourth-order valence-electron chi connectivity index (χ4n) is 3.09. The Bertz CT molecular complexity index is 764. The van der Waals surface area contributed by atoms with Crippen molar-refractivity contribution in [1.29, 1.82) is 0 Å². The molecule has 3 aromatic carbocycles. The van der Waals surface area contributed by atoms with Crippen LogP contribution in [0.1, 0.15) is 35.2 Å². The third-order valence-corrected chi connectivity index (χ3v) is 4.43. The van der Waals surface area contributed by atoms with Crippen LogP contribution in [0.5, 0.6) is 0 Å². The molecule has 3 aromatic rings. The molecular formula is C23H23NO2. The Hall–Kier alpha value is -2.91. The molecule has 0 fully saturated rings. The van der Waals surface area contributed by atoms with Gasteiger partial charge in [-0.15, -0.1) is 0 Å². The SMILES string of the molecule is COC(=O)CC(NC(c1ccccc1)c1ccccc1)c1ccccc1. The van der Waals surface area contributed by atoms with E-state index in [1.807, 2.05) is 66.7 Å². The molecule has 0 saturated heterocycles. The van der Waals surface area contributed by atoms with Crippen LogP contribution in [0.25, 0.3) is 0 Å². The van der Waals surface area contributed by atoms with Crippen LogP contribution < -0.4 is 5.32 Å². The van der Waals surface area contributed by atoms with Crippen molar-refractivity contribution in [2.45, 2.75) is 18.5 Å². The van der Waals surface area contributed by atoms with Gasteiger partial charge in [-0.3, -0.25) is 10.1 Å². The van der Waals surface area contributed by atoms with E-state index < -0.39 is 0 Å². The molecule has 26 heavy (non-hydrogen) atoms. The lowest BCUT2D eigenvalue weighted by molar-refractivity contribution is -0.141. The molecule has 3 heteroatoms. The summed E-state index contributed by atoms with van der Waals surface area (Å²) in [6, 6.07) is 30.4. The highest BCUT2D eigenvalue weighted by Gasteiger charge is 2.22. The Balaban J connectivity index is 1.95. The second kappa shape index (κ2) is 8.97. The highest BCUT2D eigenvalue weighted by Crippen LogP contribution is 2.27. The third kappa shape index (κ3) is 4.58. The molecule has 0 amide bonds. The van der Waals surface area contributed by atoms with E-state index >= 15 is 0 Å². The molecule has 0 radical (unpaired) electrons. The molecule has 1 N–H and O–H groups in total. The predicted molar refractivity (Wildman–Crippen MR) is 104 cm³/mol. The van der Waals surface area contributed by atoms with Gasteiger partial charge in [-0.1, -0.05) is 91.0 Å². The maximum atomic E-state index is 12.0. The largest absolute Gasteiger partial charge is 0.469 e. The second-order valence-corrected chi connectivity index (χ2v) is 6.16. The number of hydrogen-bond acceptors (Lipinski definition) is 3. The van der Waals surface area contributed by atoms with Crippen molar-refractivity contribution in [2.75, 3.05) is 7.11 Å². The molecule has 0 spiro atoms. The molecule has 1 atom stereocenters. The molecule has 0 heterocycles. The molecule has 0 bridgehead atoms. The van der Waals surface area contributed by atoms with E-state index in [-0.39, 0.29) is 24.5 Å². The summed E-state index contributed by atoms with van der Waals surface area (Å²) in [5.41, 5.74) is 3.38. The van der Waals surface area contributed by atoms with Crippen molar-refractivity contribution >= 4 is 5.97 Å². The summed E-state index contributed by atoms with van der Waals surface area (Å²) in [6.45, 7) is 0. The number of methoxy groups -OCH3 is 1. The molecule has 0 aliphatic heterocycles. The number of ether oxygens (including phenoxy) is 1. The van der Waals surface area contributed by atoms with Gasteiger partial charge in [0.25, 0.3) is 0 Å². The molecular weight excluding hydrogens is 322 g/mol. The predicted octanol–water partition coefficient (Wildman–Crippen LogP) is 4.67. The molecule has 3 rings (SSSR count). The van der Waals surface area contributed by atoms with Gasteiger partial charge in [0.1, 0.15) is 0 Å². The van der Waals surface area contributed by atoms with E-state index in [2.05, 4.69) is 29.6 Å². The first-order valence-electron chi connectivity index (χ1n) is 8.75. The third-order valence-electron chi connectivity index (χ3n) is 4.43. The van der Waals surface area contributed by atoms with Gasteiger partial charge in [0.05, 0.1) is 19.6 Å². The Morgan fingerprint density at radius 3 is 1.62 bits per heavy atom. The first-order valence-corrected chi connectivity index (χ1v) is 8.75. The van der Waals surface area contributed by atoms with Crippen molar-refractivity contribution in [2.24, 2.45) is 0 Å². The highest BCUT2D eigenvalue weighted by molar-refractivity contribution is 5.70. The van der Waals surface area contributed by atoms with E-state index in [9.17, 15) is 4.79 Å². The minimum absolute atomic E-state index is 0.0211. The van der Waals surface area contributed by atoms with Crippen molar-refractivity contribution in [3.8, 4) is 0 Å². The molecule has 3 nitrogen and oxygen atoms in total. The lowest BCUT2D eigenvalue weighted by atomic mass is 9.95. The van der Waals surface area contributed by atoms with Crippen LogP contribution in [0.2, 0.25) is 0 Å². The summed E-state index contributed by atoms with van der Waals surface area (Å²) in [5.74, 6) is -0.230. The fourth-order valence-corrected chi connectivity index (χ4v) is 3.09. The second-order valence-electron chi connectivity index (χ2n) is 6.16. The Kier molecular flexibility index (Phi) is 6.18. The quantitative estimate of drug-likeness (QED) is 0.632. The molecule has 132 valence electrons. The van der Waals surface area contributed by atoms with Crippen LogP contribution in [0, 0.1) is 0 Å². The number of benzene rings is 3. The Morgan fingerprint density at radius 2 is 1.19 bits per heavy atom. The Labute approximate surface area is 154 Å². The van der Waals surface area contributed by atoms with E-state index in [0.29, 0.717) is 0 Å². The number of nitrogens with one attached hydrogen (secondary N) is 1. The number of hydrogen-bond donors (Lipinski definition) is 1. The fraction of sp³-hybridized carbons (Fsp3) is 0.174. The van der Waals surface area contributed by atoms with Crippen molar-refractivity contribution in [1.82, 2.24) is 5.32 Å². The van der Waals surface area contributed by atoms with Gasteiger partial charge < -0.3 is 4.74 Å². The minimum atomic E-state index is -0.230. The van der Waals surface area contributed by atoms with Crippen LogP contribution in [0.3, 0.4) is 0 Å². The summed E-state index contributed by atoms with van der Waals surface area (Å²) in [6.07, 6.45) is 0.274. The van der Waals surface area contributed by atoms with Gasteiger partial charge in [0.15, 0.2) is 0 Å². The van der Waals surface area contributed by atoms with Gasteiger partial charge in [-0.05, 0) is 16.7 Å². The Morgan fingerprint density at radius 1 is 0.769 bits per heavy atom. The first-order chi connectivity index (χ1) is 12.8. The molecule has 0 aromatic heterocycles. The summed E-state index contributed by atoms with van der Waals surface area (Å²) in [5, 5.41) is 3.67. The zero-order chi connectivity index (χ0) is 18.2. The maximum absolute atomic E-state index is 12.0. The molecule has 0 aliphatic carbocycles. The van der Waals surface area contributed by atoms with Crippen molar-refractivity contribution < 1.29 is 9.53 Å². The van der Waals surface area contributed by atoms with E-state index in [4.69, 9.17) is 4.74 Å². The summed E-state index contributed by atoms with van der Waals surface area (Å²) in [7, 11) is 1.43.